The summed E-state index contributed by atoms with van der Waals surface area (Å²) in [4.78, 5) is 25.7. The molecule has 1 atom stereocenters. The highest BCUT2D eigenvalue weighted by molar-refractivity contribution is 5.85. The zero-order chi connectivity index (χ0) is 14.4. The second-order valence-electron chi connectivity index (χ2n) is 5.97. The van der Waals surface area contributed by atoms with Gasteiger partial charge in [-0.05, 0) is 51.6 Å². The molecule has 1 aliphatic heterocycles. The molecule has 0 spiro atoms. The summed E-state index contributed by atoms with van der Waals surface area (Å²) < 4.78 is 5.09. The van der Waals surface area contributed by atoms with Crippen LogP contribution < -0.4 is 5.32 Å². The molecule has 2 aliphatic rings. The van der Waals surface area contributed by atoms with Crippen molar-refractivity contribution >= 4 is 11.9 Å². The van der Waals surface area contributed by atoms with Gasteiger partial charge in [0.05, 0.1) is 12.6 Å². The third kappa shape index (κ3) is 5.12. The van der Waals surface area contributed by atoms with Gasteiger partial charge in [-0.1, -0.05) is 12.8 Å². The molecule has 0 radical (unpaired) electrons. The summed E-state index contributed by atoms with van der Waals surface area (Å²) in [5.74, 6) is 0.161. The minimum absolute atomic E-state index is 0.0102. The summed E-state index contributed by atoms with van der Waals surface area (Å²) in [6, 6.07) is -0.163. The number of carbonyl (C=O) groups is 2. The average Bonchev–Trinajstić information content (AvgIpc) is 3.27. The molecule has 1 saturated heterocycles. The van der Waals surface area contributed by atoms with Gasteiger partial charge in [0.1, 0.15) is 6.54 Å². The fourth-order valence-corrected chi connectivity index (χ4v) is 2.50. The molecular formula is C15H26N2O3. The van der Waals surface area contributed by atoms with E-state index in [9.17, 15) is 9.59 Å². The van der Waals surface area contributed by atoms with Gasteiger partial charge in [0.2, 0.25) is 5.91 Å². The van der Waals surface area contributed by atoms with Gasteiger partial charge in [-0.3, -0.25) is 14.5 Å². The van der Waals surface area contributed by atoms with Gasteiger partial charge in [0.25, 0.3) is 0 Å². The molecule has 1 unspecified atom stereocenters. The molecule has 0 aromatic heterocycles. The van der Waals surface area contributed by atoms with E-state index in [1.807, 2.05) is 6.92 Å². The molecular weight excluding hydrogens is 256 g/mol. The van der Waals surface area contributed by atoms with Crippen molar-refractivity contribution in [2.45, 2.75) is 51.5 Å². The number of esters is 1. The van der Waals surface area contributed by atoms with Crippen LogP contribution in [0.4, 0.5) is 0 Å². The molecule has 2 fully saturated rings. The van der Waals surface area contributed by atoms with Gasteiger partial charge in [-0.2, -0.15) is 0 Å². The van der Waals surface area contributed by atoms with Crippen LogP contribution in [0.3, 0.4) is 0 Å². The maximum atomic E-state index is 12.0. The molecule has 1 aliphatic carbocycles. The summed E-state index contributed by atoms with van der Waals surface area (Å²) >= 11 is 0. The maximum absolute atomic E-state index is 12.0. The number of ether oxygens (including phenoxy) is 1. The zero-order valence-electron chi connectivity index (χ0n) is 12.4. The van der Waals surface area contributed by atoms with Crippen LogP contribution in [0.1, 0.15) is 45.4 Å². The first-order valence-corrected chi connectivity index (χ1v) is 7.84. The summed E-state index contributed by atoms with van der Waals surface area (Å²) in [5, 5.41) is 2.69. The second kappa shape index (κ2) is 7.62. The lowest BCUT2D eigenvalue weighted by Crippen LogP contribution is -2.46. The van der Waals surface area contributed by atoms with Gasteiger partial charge in [-0.25, -0.2) is 0 Å². The Bertz CT molecular complexity index is 334. The number of likely N-dealkylation sites (tertiary alicyclic amines) is 1. The molecule has 1 saturated carbocycles. The standard InChI is InChI=1S/C15H26N2O3/c1-12(17-8-4-2-3-5-9-17)15(19)16-10-14(18)20-11-13-6-7-13/h12-13H,2-11H2,1H3,(H,16,19). The number of nitrogens with one attached hydrogen (secondary N) is 1. The summed E-state index contributed by atoms with van der Waals surface area (Å²) in [5.41, 5.74) is 0. The highest BCUT2D eigenvalue weighted by Crippen LogP contribution is 2.28. The lowest BCUT2D eigenvalue weighted by molar-refractivity contribution is -0.144. The van der Waals surface area contributed by atoms with E-state index in [2.05, 4.69) is 10.2 Å². The van der Waals surface area contributed by atoms with E-state index in [4.69, 9.17) is 4.74 Å². The fraction of sp³-hybridized carbons (Fsp3) is 0.867. The molecule has 1 heterocycles. The van der Waals surface area contributed by atoms with E-state index in [1.165, 1.54) is 12.8 Å². The minimum Gasteiger partial charge on any atom is -0.464 e. The normalized spacial score (nSPS) is 21.9. The highest BCUT2D eigenvalue weighted by atomic mass is 16.5. The quantitative estimate of drug-likeness (QED) is 0.747. The zero-order valence-corrected chi connectivity index (χ0v) is 12.4. The van der Waals surface area contributed by atoms with E-state index >= 15 is 0 Å². The second-order valence-corrected chi connectivity index (χ2v) is 5.97. The van der Waals surface area contributed by atoms with Crippen LogP contribution in [0.15, 0.2) is 0 Å². The fourth-order valence-electron chi connectivity index (χ4n) is 2.50. The first kappa shape index (κ1) is 15.3. The molecule has 0 aromatic carbocycles. The van der Waals surface area contributed by atoms with E-state index < -0.39 is 0 Å². The van der Waals surface area contributed by atoms with Crippen LogP contribution in [0.5, 0.6) is 0 Å². The van der Waals surface area contributed by atoms with Crippen molar-refractivity contribution in [3.63, 3.8) is 0 Å². The monoisotopic (exact) mass is 282 g/mol. The third-order valence-electron chi connectivity index (χ3n) is 4.15. The van der Waals surface area contributed by atoms with Crippen LogP contribution in [-0.4, -0.2) is 49.1 Å². The predicted octanol–water partition coefficient (Wildman–Crippen LogP) is 1.32. The lowest BCUT2D eigenvalue weighted by atomic mass is 10.2. The van der Waals surface area contributed by atoms with Gasteiger partial charge in [0, 0.05) is 0 Å². The molecule has 2 rings (SSSR count). The molecule has 1 amide bonds. The first-order valence-electron chi connectivity index (χ1n) is 7.84. The SMILES string of the molecule is CC(C(=O)NCC(=O)OCC1CC1)N1CCCCCC1. The Kier molecular flexibility index (Phi) is 5.83. The topological polar surface area (TPSA) is 58.6 Å². The highest BCUT2D eigenvalue weighted by Gasteiger charge is 2.24. The molecule has 5 nitrogen and oxygen atoms in total. The van der Waals surface area contributed by atoms with Gasteiger partial charge in [0.15, 0.2) is 0 Å². The van der Waals surface area contributed by atoms with E-state index in [0.717, 1.165) is 38.8 Å². The van der Waals surface area contributed by atoms with E-state index in [1.54, 1.807) is 0 Å². The number of rotatable bonds is 6. The van der Waals surface area contributed by atoms with Crippen LogP contribution >= 0.6 is 0 Å². The van der Waals surface area contributed by atoms with Crippen molar-refractivity contribution in [3.05, 3.63) is 0 Å². The lowest BCUT2D eigenvalue weighted by Gasteiger charge is -2.26. The Morgan fingerprint density at radius 3 is 2.45 bits per heavy atom. The molecule has 0 bridgehead atoms. The van der Waals surface area contributed by atoms with Crippen LogP contribution in [-0.2, 0) is 14.3 Å². The maximum Gasteiger partial charge on any atom is 0.325 e. The largest absolute Gasteiger partial charge is 0.464 e. The predicted molar refractivity (Wildman–Crippen MR) is 76.2 cm³/mol. The Morgan fingerprint density at radius 1 is 1.20 bits per heavy atom. The van der Waals surface area contributed by atoms with E-state index in [-0.39, 0.29) is 24.5 Å². The molecule has 0 aromatic rings. The molecule has 5 heteroatoms. The van der Waals surface area contributed by atoms with E-state index in [0.29, 0.717) is 12.5 Å². The number of amides is 1. The van der Waals surface area contributed by atoms with Gasteiger partial charge < -0.3 is 10.1 Å². The molecule has 20 heavy (non-hydrogen) atoms. The van der Waals surface area contributed by atoms with Crippen molar-refractivity contribution in [2.24, 2.45) is 5.92 Å². The van der Waals surface area contributed by atoms with Crippen molar-refractivity contribution in [2.75, 3.05) is 26.2 Å². The van der Waals surface area contributed by atoms with Crippen LogP contribution in [0.2, 0.25) is 0 Å². The average molecular weight is 282 g/mol. The summed E-state index contributed by atoms with van der Waals surface area (Å²) in [7, 11) is 0. The number of hydrogen-bond donors (Lipinski definition) is 1. The smallest absolute Gasteiger partial charge is 0.325 e. The Balaban J connectivity index is 1.65. The van der Waals surface area contributed by atoms with Gasteiger partial charge in [-0.15, -0.1) is 0 Å². The van der Waals surface area contributed by atoms with Crippen molar-refractivity contribution in [1.29, 1.82) is 0 Å². The third-order valence-corrected chi connectivity index (χ3v) is 4.15. The molecule has 1 N–H and O–H groups in total. The number of hydrogen-bond acceptors (Lipinski definition) is 4. The molecule has 114 valence electrons. The Morgan fingerprint density at radius 2 is 1.85 bits per heavy atom. The summed E-state index contributed by atoms with van der Waals surface area (Å²) in [6.07, 6.45) is 7.12. The van der Waals surface area contributed by atoms with Gasteiger partial charge >= 0.3 is 5.97 Å². The minimum atomic E-state index is -0.326. The van der Waals surface area contributed by atoms with Crippen molar-refractivity contribution in [3.8, 4) is 0 Å². The first-order chi connectivity index (χ1) is 9.66. The number of carbonyl (C=O) groups excluding carboxylic acids is 2. The van der Waals surface area contributed by atoms with Crippen molar-refractivity contribution in [1.82, 2.24) is 10.2 Å². The van der Waals surface area contributed by atoms with Crippen molar-refractivity contribution < 1.29 is 14.3 Å². The summed E-state index contributed by atoms with van der Waals surface area (Å²) in [6.45, 7) is 4.36. The van der Waals surface area contributed by atoms with Crippen LogP contribution in [0.25, 0.3) is 0 Å². The van der Waals surface area contributed by atoms with Crippen LogP contribution in [0, 0.1) is 5.92 Å². The number of nitrogens with zero attached hydrogens (tertiary/aromatic N) is 1. The Hall–Kier alpha value is -1.10. The Labute approximate surface area is 121 Å².